The van der Waals surface area contributed by atoms with E-state index in [1.807, 2.05) is 60.7 Å². The van der Waals surface area contributed by atoms with Gasteiger partial charge in [-0.2, -0.15) is 0 Å². The van der Waals surface area contributed by atoms with Crippen LogP contribution in [0.25, 0.3) is 22.6 Å². The first-order valence-corrected chi connectivity index (χ1v) is 10.4. The molecule has 0 amide bonds. The summed E-state index contributed by atoms with van der Waals surface area (Å²) in [7, 11) is 0. The van der Waals surface area contributed by atoms with Gasteiger partial charge in [0.05, 0.1) is 0 Å². The molecule has 0 atom stereocenters. The fourth-order valence-corrected chi connectivity index (χ4v) is 3.47. The second-order valence-electron chi connectivity index (χ2n) is 7.47. The predicted octanol–water partition coefficient (Wildman–Crippen LogP) is 5.23. The van der Waals surface area contributed by atoms with Gasteiger partial charge in [-0.3, -0.25) is 4.79 Å². The number of aromatic nitrogens is 1. The molecule has 162 valence electrons. The fraction of sp³-hybridized carbons (Fsp3) is 0.0741. The minimum atomic E-state index is -0.754. The average molecular weight is 437 g/mol. The molecule has 3 aromatic rings. The number of nitrogens with zero attached hydrogens (tertiary/aromatic N) is 1. The van der Waals surface area contributed by atoms with Crippen molar-refractivity contribution >= 4 is 17.1 Å². The average Bonchev–Trinajstić information content (AvgIpc) is 2.86. The highest BCUT2D eigenvalue weighted by molar-refractivity contribution is 5.96. The molecule has 6 nitrogen and oxygen atoms in total. The van der Waals surface area contributed by atoms with Gasteiger partial charge < -0.3 is 13.9 Å². The van der Waals surface area contributed by atoms with Crippen LogP contribution in [0.4, 0.5) is 0 Å². The number of rotatable bonds is 6. The highest BCUT2D eigenvalue weighted by atomic mass is 16.5. The molecule has 0 unspecified atom stereocenters. The Labute approximate surface area is 189 Å². The van der Waals surface area contributed by atoms with Crippen LogP contribution >= 0.6 is 0 Å². The topological polar surface area (TPSA) is 78.6 Å². The maximum atomic E-state index is 12.8. The van der Waals surface area contributed by atoms with Crippen LogP contribution in [0.2, 0.25) is 0 Å². The van der Waals surface area contributed by atoms with Crippen molar-refractivity contribution in [2.45, 2.75) is 13.2 Å². The first-order chi connectivity index (χ1) is 16.2. The van der Waals surface area contributed by atoms with E-state index < -0.39 is 11.4 Å². The quantitative estimate of drug-likeness (QED) is 0.267. The zero-order valence-electron chi connectivity index (χ0n) is 17.6. The van der Waals surface area contributed by atoms with Gasteiger partial charge in [-0.05, 0) is 35.4 Å². The van der Waals surface area contributed by atoms with Crippen molar-refractivity contribution in [3.63, 3.8) is 0 Å². The first kappa shape index (κ1) is 20.5. The van der Waals surface area contributed by atoms with Crippen molar-refractivity contribution in [1.29, 1.82) is 0 Å². The third kappa shape index (κ3) is 4.45. The number of ether oxygens (including phenoxy) is 2. The minimum absolute atomic E-state index is 0.0496. The van der Waals surface area contributed by atoms with E-state index in [1.54, 1.807) is 18.2 Å². The van der Waals surface area contributed by atoms with E-state index >= 15 is 0 Å². The third-order valence-corrected chi connectivity index (χ3v) is 5.15. The summed E-state index contributed by atoms with van der Waals surface area (Å²) in [6, 6.07) is 27.2. The summed E-state index contributed by atoms with van der Waals surface area (Å²) in [5.74, 6) is -0.0770. The molecule has 6 heteroatoms. The Morgan fingerprint density at radius 2 is 1.52 bits per heavy atom. The van der Waals surface area contributed by atoms with Crippen molar-refractivity contribution in [1.82, 2.24) is 4.98 Å². The molecule has 0 saturated carbocycles. The van der Waals surface area contributed by atoms with Gasteiger partial charge in [-0.15, -0.1) is 0 Å². The summed E-state index contributed by atoms with van der Waals surface area (Å²) in [6.07, 6.45) is 0. The third-order valence-electron chi connectivity index (χ3n) is 5.15. The largest absolute Gasteiger partial charge is 0.489 e. The molecule has 0 aromatic heterocycles. The molecular formula is C27H19NO5. The van der Waals surface area contributed by atoms with Crippen LogP contribution in [-0.4, -0.2) is 11.0 Å². The van der Waals surface area contributed by atoms with Gasteiger partial charge in [0.25, 0.3) is 0 Å². The number of hydrogen-bond donors (Lipinski definition) is 0. The first-order valence-electron chi connectivity index (χ1n) is 10.4. The molecule has 3 aromatic carbocycles. The van der Waals surface area contributed by atoms with Crippen LogP contribution in [0.3, 0.4) is 0 Å². The Kier molecular flexibility index (Phi) is 5.55. The lowest BCUT2D eigenvalue weighted by atomic mass is 10.1. The smallest absolute Gasteiger partial charge is 0.346 e. The van der Waals surface area contributed by atoms with Crippen LogP contribution < -0.4 is 10.2 Å². The summed E-state index contributed by atoms with van der Waals surface area (Å²) in [5, 5.41) is 0. The SMILES string of the molecule is O=C(OCc1ccccc1)c1c2oc3cc(OCc4ccccc4)ccc3nc-2ccc1=O. The maximum Gasteiger partial charge on any atom is 0.346 e. The lowest BCUT2D eigenvalue weighted by molar-refractivity contribution is 0.0470. The minimum Gasteiger partial charge on any atom is -0.489 e. The van der Waals surface area contributed by atoms with Gasteiger partial charge in [-0.25, -0.2) is 9.78 Å². The highest BCUT2D eigenvalue weighted by Crippen LogP contribution is 2.29. The van der Waals surface area contributed by atoms with Crippen LogP contribution in [0.1, 0.15) is 21.5 Å². The normalized spacial score (nSPS) is 10.9. The Hall–Kier alpha value is -4.45. The number of carbonyl (C=O) groups excluding carboxylic acids is 1. The number of esters is 1. The maximum absolute atomic E-state index is 12.8. The van der Waals surface area contributed by atoms with Gasteiger partial charge in [0.1, 0.15) is 30.2 Å². The Bertz CT molecular complexity index is 1440. The van der Waals surface area contributed by atoms with Crippen molar-refractivity contribution in [3.05, 3.63) is 118 Å². The standard InChI is InChI=1S/C27H19NO5/c29-23-14-13-22-26(25(23)27(30)32-17-19-9-5-2-6-10-19)33-24-15-20(11-12-21(24)28-22)31-16-18-7-3-1-4-8-18/h1-15H,16-17H2. The molecule has 0 spiro atoms. The summed E-state index contributed by atoms with van der Waals surface area (Å²) in [4.78, 5) is 29.9. The number of hydrogen-bond acceptors (Lipinski definition) is 6. The second kappa shape index (κ2) is 8.96. The molecule has 0 bridgehead atoms. The molecule has 1 heterocycles. The van der Waals surface area contributed by atoms with Gasteiger partial charge in [-0.1, -0.05) is 60.7 Å². The highest BCUT2D eigenvalue weighted by Gasteiger charge is 2.24. The summed E-state index contributed by atoms with van der Waals surface area (Å²) >= 11 is 0. The lowest BCUT2D eigenvalue weighted by Crippen LogP contribution is -2.19. The number of carbonyl (C=O) groups is 1. The van der Waals surface area contributed by atoms with Crippen LogP contribution in [-0.2, 0) is 18.0 Å². The van der Waals surface area contributed by atoms with Crippen molar-refractivity contribution < 1.29 is 18.7 Å². The molecule has 0 N–H and O–H groups in total. The van der Waals surface area contributed by atoms with E-state index in [-0.39, 0.29) is 17.9 Å². The summed E-state index contributed by atoms with van der Waals surface area (Å²) in [6.45, 7) is 0.448. The van der Waals surface area contributed by atoms with Gasteiger partial charge in [0.2, 0.25) is 0 Å². The molecule has 33 heavy (non-hydrogen) atoms. The van der Waals surface area contributed by atoms with E-state index in [0.717, 1.165) is 11.1 Å². The van der Waals surface area contributed by atoms with E-state index in [9.17, 15) is 9.59 Å². The van der Waals surface area contributed by atoms with E-state index in [4.69, 9.17) is 13.9 Å². The Morgan fingerprint density at radius 1 is 0.818 bits per heavy atom. The van der Waals surface area contributed by atoms with E-state index in [0.29, 0.717) is 29.2 Å². The van der Waals surface area contributed by atoms with Gasteiger partial charge in [0, 0.05) is 6.07 Å². The second-order valence-corrected chi connectivity index (χ2v) is 7.47. The van der Waals surface area contributed by atoms with Gasteiger partial charge >= 0.3 is 5.97 Å². The molecule has 0 radical (unpaired) electrons. The monoisotopic (exact) mass is 437 g/mol. The molecular weight excluding hydrogens is 418 g/mol. The molecule has 2 aliphatic rings. The number of benzene rings is 4. The molecule has 5 rings (SSSR count). The Balaban J connectivity index is 1.46. The van der Waals surface area contributed by atoms with E-state index in [2.05, 4.69) is 4.98 Å². The van der Waals surface area contributed by atoms with Gasteiger partial charge in [0.15, 0.2) is 22.3 Å². The zero-order valence-corrected chi connectivity index (χ0v) is 17.6. The van der Waals surface area contributed by atoms with Crippen molar-refractivity contribution in [3.8, 4) is 17.2 Å². The van der Waals surface area contributed by atoms with Crippen molar-refractivity contribution in [2.24, 2.45) is 0 Å². The molecule has 1 aliphatic carbocycles. The van der Waals surface area contributed by atoms with Crippen molar-refractivity contribution in [2.75, 3.05) is 0 Å². The molecule has 0 saturated heterocycles. The molecule has 0 fully saturated rings. The van der Waals surface area contributed by atoms with Crippen LogP contribution in [0.15, 0.2) is 100 Å². The Morgan fingerprint density at radius 3 is 2.24 bits per heavy atom. The van der Waals surface area contributed by atoms with Crippen LogP contribution in [0.5, 0.6) is 5.75 Å². The predicted molar refractivity (Wildman–Crippen MR) is 123 cm³/mol. The van der Waals surface area contributed by atoms with Crippen LogP contribution in [0, 0.1) is 0 Å². The molecule has 1 aliphatic heterocycles. The fourth-order valence-electron chi connectivity index (χ4n) is 3.47. The summed E-state index contributed by atoms with van der Waals surface area (Å²) < 4.78 is 17.2. The van der Waals surface area contributed by atoms with E-state index in [1.165, 1.54) is 12.1 Å². The number of fused-ring (bicyclic) bond motifs is 2. The lowest BCUT2D eigenvalue weighted by Gasteiger charge is -2.12. The summed E-state index contributed by atoms with van der Waals surface area (Å²) in [5.41, 5.74) is 2.57. The zero-order chi connectivity index (χ0) is 22.6.